The molecule has 2 aromatic carbocycles. The van der Waals surface area contributed by atoms with Crippen LogP contribution in [0.2, 0.25) is 0 Å². The average Bonchev–Trinajstić information content (AvgIpc) is 2.66. The van der Waals surface area contributed by atoms with Gasteiger partial charge in [0.25, 0.3) is 0 Å². The number of hydrogen-bond acceptors (Lipinski definition) is 4. The molecular weight excluding hydrogens is 330 g/mol. The predicted molar refractivity (Wildman–Crippen MR) is 100.0 cm³/mol. The normalized spacial score (nSPS) is 12.7. The van der Waals surface area contributed by atoms with Gasteiger partial charge in [-0.25, -0.2) is 0 Å². The third kappa shape index (κ3) is 4.23. The second-order valence-corrected chi connectivity index (χ2v) is 6.59. The number of ether oxygens (including phenoxy) is 2. The van der Waals surface area contributed by atoms with Crippen LogP contribution < -0.4 is 14.8 Å². The second-order valence-electron chi connectivity index (χ2n) is 6.59. The Balaban J connectivity index is 1.78. The molecule has 0 spiro atoms. The van der Waals surface area contributed by atoms with Crippen LogP contribution in [0, 0.1) is 5.92 Å². The van der Waals surface area contributed by atoms with Crippen LogP contribution in [-0.2, 0) is 11.2 Å². The maximum absolute atomic E-state index is 12.6. The van der Waals surface area contributed by atoms with Crippen LogP contribution in [0.15, 0.2) is 42.5 Å². The molecular formula is C21H23NO4. The van der Waals surface area contributed by atoms with Crippen molar-refractivity contribution in [3.05, 3.63) is 53.6 Å². The van der Waals surface area contributed by atoms with Crippen LogP contribution in [0.3, 0.4) is 0 Å². The summed E-state index contributed by atoms with van der Waals surface area (Å²) in [5, 5.41) is 2.87. The van der Waals surface area contributed by atoms with E-state index in [9.17, 15) is 9.59 Å². The number of rotatable bonds is 6. The van der Waals surface area contributed by atoms with E-state index in [1.54, 1.807) is 12.1 Å². The van der Waals surface area contributed by atoms with Crippen LogP contribution in [0.5, 0.6) is 11.5 Å². The Morgan fingerprint density at radius 2 is 1.69 bits per heavy atom. The lowest BCUT2D eigenvalue weighted by Gasteiger charge is -2.21. The summed E-state index contributed by atoms with van der Waals surface area (Å²) in [4.78, 5) is 25.0. The number of carbonyl (C=O) groups is 2. The zero-order valence-electron chi connectivity index (χ0n) is 15.1. The number of aryl methyl sites for hydroxylation is 1. The Bertz CT molecular complexity index is 799. The van der Waals surface area contributed by atoms with Gasteiger partial charge in [0, 0.05) is 24.0 Å². The van der Waals surface area contributed by atoms with Crippen molar-refractivity contribution in [1.29, 1.82) is 0 Å². The summed E-state index contributed by atoms with van der Waals surface area (Å²) >= 11 is 0. The molecule has 1 N–H and O–H groups in total. The first kappa shape index (κ1) is 18.0. The second kappa shape index (κ2) is 8.04. The molecule has 1 aliphatic heterocycles. The molecule has 0 saturated carbocycles. The van der Waals surface area contributed by atoms with E-state index in [0.717, 1.165) is 5.56 Å². The van der Waals surface area contributed by atoms with Crippen molar-refractivity contribution in [2.24, 2.45) is 5.92 Å². The van der Waals surface area contributed by atoms with Gasteiger partial charge in [-0.3, -0.25) is 9.59 Å². The summed E-state index contributed by atoms with van der Waals surface area (Å²) in [6.45, 7) is 4.57. The number of benzene rings is 2. The molecule has 0 saturated heterocycles. The first-order chi connectivity index (χ1) is 12.5. The van der Waals surface area contributed by atoms with Gasteiger partial charge in [0.2, 0.25) is 5.91 Å². The Labute approximate surface area is 153 Å². The van der Waals surface area contributed by atoms with E-state index in [0.29, 0.717) is 48.8 Å². The molecule has 136 valence electrons. The standard InChI is InChI=1S/C21H23NO4/c1-14(2)21(24)16-12-18-19(26-11-10-25-18)13-17(16)22-20(23)9-8-15-6-4-3-5-7-15/h3-7,12-14H,8-11H2,1-2H3,(H,22,23). The SMILES string of the molecule is CC(C)C(=O)c1cc2c(cc1NC(=O)CCc1ccccc1)OCCO2. The fourth-order valence-electron chi connectivity index (χ4n) is 2.82. The summed E-state index contributed by atoms with van der Waals surface area (Å²) in [7, 11) is 0. The molecule has 1 heterocycles. The molecule has 1 amide bonds. The third-order valence-electron chi connectivity index (χ3n) is 4.23. The van der Waals surface area contributed by atoms with Crippen molar-refractivity contribution in [3.63, 3.8) is 0 Å². The molecule has 0 atom stereocenters. The smallest absolute Gasteiger partial charge is 0.224 e. The van der Waals surface area contributed by atoms with E-state index < -0.39 is 0 Å². The first-order valence-corrected chi connectivity index (χ1v) is 8.86. The van der Waals surface area contributed by atoms with E-state index in [4.69, 9.17) is 9.47 Å². The topological polar surface area (TPSA) is 64.6 Å². The van der Waals surface area contributed by atoms with Gasteiger partial charge < -0.3 is 14.8 Å². The maximum atomic E-state index is 12.6. The van der Waals surface area contributed by atoms with E-state index in [1.165, 1.54) is 0 Å². The molecule has 0 unspecified atom stereocenters. The Morgan fingerprint density at radius 3 is 2.35 bits per heavy atom. The highest BCUT2D eigenvalue weighted by atomic mass is 16.6. The van der Waals surface area contributed by atoms with Crippen molar-refractivity contribution < 1.29 is 19.1 Å². The molecule has 0 aromatic heterocycles. The summed E-state index contributed by atoms with van der Waals surface area (Å²) in [6, 6.07) is 13.2. The number of ketones is 1. The zero-order valence-corrected chi connectivity index (χ0v) is 15.1. The van der Waals surface area contributed by atoms with Gasteiger partial charge in [-0.15, -0.1) is 0 Å². The highest BCUT2D eigenvalue weighted by Crippen LogP contribution is 2.36. The lowest BCUT2D eigenvalue weighted by atomic mass is 9.98. The Morgan fingerprint density at radius 1 is 1.04 bits per heavy atom. The van der Waals surface area contributed by atoms with E-state index in [-0.39, 0.29) is 17.6 Å². The van der Waals surface area contributed by atoms with Gasteiger partial charge in [0.1, 0.15) is 13.2 Å². The van der Waals surface area contributed by atoms with E-state index in [1.807, 2.05) is 44.2 Å². The summed E-state index contributed by atoms with van der Waals surface area (Å²) in [5.41, 5.74) is 2.03. The minimum Gasteiger partial charge on any atom is -0.486 e. The van der Waals surface area contributed by atoms with Gasteiger partial charge in [-0.05, 0) is 18.1 Å². The van der Waals surface area contributed by atoms with Crippen LogP contribution in [0.1, 0.15) is 36.2 Å². The molecule has 2 aromatic rings. The van der Waals surface area contributed by atoms with Crippen molar-refractivity contribution >= 4 is 17.4 Å². The van der Waals surface area contributed by atoms with Gasteiger partial charge in [0.15, 0.2) is 17.3 Å². The van der Waals surface area contributed by atoms with Crippen LogP contribution >= 0.6 is 0 Å². The Kier molecular flexibility index (Phi) is 5.56. The molecule has 0 fully saturated rings. The van der Waals surface area contributed by atoms with Gasteiger partial charge >= 0.3 is 0 Å². The van der Waals surface area contributed by atoms with E-state index in [2.05, 4.69) is 5.32 Å². The summed E-state index contributed by atoms with van der Waals surface area (Å²) in [5.74, 6) is 0.735. The number of anilines is 1. The fraction of sp³-hybridized carbons (Fsp3) is 0.333. The minimum absolute atomic E-state index is 0.0414. The van der Waals surface area contributed by atoms with Gasteiger partial charge in [-0.2, -0.15) is 0 Å². The number of fused-ring (bicyclic) bond motifs is 1. The monoisotopic (exact) mass is 353 g/mol. The number of amides is 1. The number of carbonyl (C=O) groups excluding carboxylic acids is 2. The van der Waals surface area contributed by atoms with Gasteiger partial charge in [0.05, 0.1) is 5.69 Å². The van der Waals surface area contributed by atoms with E-state index >= 15 is 0 Å². The molecule has 3 rings (SSSR count). The molecule has 5 nitrogen and oxygen atoms in total. The van der Waals surface area contributed by atoms with Crippen LogP contribution in [0.25, 0.3) is 0 Å². The maximum Gasteiger partial charge on any atom is 0.224 e. The van der Waals surface area contributed by atoms with Crippen molar-refractivity contribution in [2.45, 2.75) is 26.7 Å². The zero-order chi connectivity index (χ0) is 18.5. The van der Waals surface area contributed by atoms with Crippen LogP contribution in [-0.4, -0.2) is 24.9 Å². The summed E-state index contributed by atoms with van der Waals surface area (Å²) < 4.78 is 11.2. The number of hydrogen-bond donors (Lipinski definition) is 1. The minimum atomic E-state index is -0.183. The Hall–Kier alpha value is -2.82. The molecule has 0 radical (unpaired) electrons. The molecule has 0 bridgehead atoms. The average molecular weight is 353 g/mol. The molecule has 1 aliphatic rings. The van der Waals surface area contributed by atoms with Crippen molar-refractivity contribution in [1.82, 2.24) is 0 Å². The number of nitrogens with one attached hydrogen (secondary N) is 1. The molecule has 0 aliphatic carbocycles. The highest BCUT2D eigenvalue weighted by molar-refractivity contribution is 6.06. The quantitative estimate of drug-likeness (QED) is 0.801. The molecule has 5 heteroatoms. The lowest BCUT2D eigenvalue weighted by Crippen LogP contribution is -2.20. The van der Waals surface area contributed by atoms with Gasteiger partial charge in [-0.1, -0.05) is 44.2 Å². The number of Topliss-reactive ketones (excluding diaryl/α,β-unsaturated/α-hetero) is 1. The molecule has 26 heavy (non-hydrogen) atoms. The largest absolute Gasteiger partial charge is 0.486 e. The first-order valence-electron chi connectivity index (χ1n) is 8.86. The highest BCUT2D eigenvalue weighted by Gasteiger charge is 2.22. The third-order valence-corrected chi connectivity index (χ3v) is 4.23. The lowest BCUT2D eigenvalue weighted by molar-refractivity contribution is -0.116. The van der Waals surface area contributed by atoms with Crippen molar-refractivity contribution in [2.75, 3.05) is 18.5 Å². The van der Waals surface area contributed by atoms with Crippen molar-refractivity contribution in [3.8, 4) is 11.5 Å². The summed E-state index contributed by atoms with van der Waals surface area (Å²) in [6.07, 6.45) is 0.985. The van der Waals surface area contributed by atoms with Crippen LogP contribution in [0.4, 0.5) is 5.69 Å². The predicted octanol–water partition coefficient (Wildman–Crippen LogP) is 3.87. The fourth-order valence-corrected chi connectivity index (χ4v) is 2.82.